The van der Waals surface area contributed by atoms with Crippen LogP contribution in [0.25, 0.3) is 5.70 Å². The van der Waals surface area contributed by atoms with E-state index in [1.165, 1.54) is 0 Å². The molecule has 1 rings (SSSR count). The van der Waals surface area contributed by atoms with Crippen LogP contribution in [0.4, 0.5) is 0 Å². The van der Waals surface area contributed by atoms with Crippen LogP contribution in [0.2, 0.25) is 0 Å². The predicted octanol–water partition coefficient (Wildman–Crippen LogP) is 3.03. The number of halogens is 1. The van der Waals surface area contributed by atoms with E-state index >= 15 is 0 Å². The van der Waals surface area contributed by atoms with Crippen molar-refractivity contribution in [2.45, 2.75) is 19.4 Å². The van der Waals surface area contributed by atoms with Crippen molar-refractivity contribution in [1.29, 1.82) is 5.41 Å². The van der Waals surface area contributed by atoms with Crippen molar-refractivity contribution in [3.05, 3.63) is 41.6 Å². The summed E-state index contributed by atoms with van der Waals surface area (Å²) in [6.07, 6.45) is 1.64. The molecule has 0 aliphatic heterocycles. The number of rotatable bonds is 5. The number of benzene rings is 1. The van der Waals surface area contributed by atoms with Crippen molar-refractivity contribution in [3.63, 3.8) is 0 Å². The van der Waals surface area contributed by atoms with Gasteiger partial charge in [-0.1, -0.05) is 41.9 Å². The lowest BCUT2D eigenvalue weighted by atomic mass is 10.1. The minimum absolute atomic E-state index is 0.135. The van der Waals surface area contributed by atoms with E-state index in [0.717, 1.165) is 5.56 Å². The summed E-state index contributed by atoms with van der Waals surface area (Å²) in [4.78, 5) is 4.34. The second-order valence-corrected chi connectivity index (χ2v) is 4.89. The quantitative estimate of drug-likeness (QED) is 0.813. The van der Waals surface area contributed by atoms with Crippen molar-refractivity contribution in [3.8, 4) is 0 Å². The van der Waals surface area contributed by atoms with Crippen molar-refractivity contribution in [1.82, 2.24) is 0 Å². The number of ether oxygens (including phenoxy) is 1. The Kier molecular flexibility index (Phi) is 5.27. The highest BCUT2D eigenvalue weighted by atomic mass is 35.5. The zero-order chi connectivity index (χ0) is 14.5. The van der Waals surface area contributed by atoms with Gasteiger partial charge in [0, 0.05) is 18.9 Å². The summed E-state index contributed by atoms with van der Waals surface area (Å²) in [7, 11) is 1.60. The molecule has 3 N–H and O–H groups in total. The molecule has 0 heterocycles. The molecule has 0 saturated heterocycles. The van der Waals surface area contributed by atoms with Crippen molar-refractivity contribution in [2.75, 3.05) is 7.11 Å². The average Bonchev–Trinajstić information content (AvgIpc) is 2.39. The van der Waals surface area contributed by atoms with Gasteiger partial charge < -0.3 is 10.5 Å². The van der Waals surface area contributed by atoms with Gasteiger partial charge in [-0.2, -0.15) is 0 Å². The molecule has 0 bridgehead atoms. The van der Waals surface area contributed by atoms with Crippen LogP contribution < -0.4 is 5.73 Å². The number of hydrogen-bond donors (Lipinski definition) is 2. The summed E-state index contributed by atoms with van der Waals surface area (Å²) >= 11 is 5.65. The summed E-state index contributed by atoms with van der Waals surface area (Å²) in [6, 6.07) is 9.36. The SMILES string of the molecule is COC(C)(C)C=N/C(=C(\N)C(=N)Cl)c1ccccc1. The molecule has 0 aliphatic rings. The van der Waals surface area contributed by atoms with Crippen molar-refractivity contribution in [2.24, 2.45) is 10.7 Å². The fourth-order valence-corrected chi connectivity index (χ4v) is 1.36. The predicted molar refractivity (Wildman–Crippen MR) is 80.7 cm³/mol. The van der Waals surface area contributed by atoms with E-state index < -0.39 is 5.60 Å². The highest BCUT2D eigenvalue weighted by molar-refractivity contribution is 6.69. The van der Waals surface area contributed by atoms with Gasteiger partial charge in [0.15, 0.2) is 0 Å². The molecular formula is C14H18ClN3O. The van der Waals surface area contributed by atoms with E-state index in [1.807, 2.05) is 44.2 Å². The van der Waals surface area contributed by atoms with E-state index in [4.69, 9.17) is 27.5 Å². The number of nitrogens with zero attached hydrogens (tertiary/aromatic N) is 1. The number of aliphatic imine (C=N–C) groups is 1. The van der Waals surface area contributed by atoms with E-state index in [9.17, 15) is 0 Å². The van der Waals surface area contributed by atoms with Crippen LogP contribution in [0.3, 0.4) is 0 Å². The summed E-state index contributed by atoms with van der Waals surface area (Å²) in [6.45, 7) is 3.75. The van der Waals surface area contributed by atoms with Gasteiger partial charge in [0.05, 0.1) is 17.0 Å². The minimum atomic E-state index is -0.519. The minimum Gasteiger partial charge on any atom is -0.394 e. The Hall–Kier alpha value is -1.65. The summed E-state index contributed by atoms with van der Waals surface area (Å²) in [5.41, 5.74) is 6.71. The molecule has 0 aromatic heterocycles. The van der Waals surface area contributed by atoms with Crippen LogP contribution in [0.1, 0.15) is 19.4 Å². The topological polar surface area (TPSA) is 71.5 Å². The molecule has 0 amide bonds. The number of nitrogens with two attached hydrogens (primary N) is 1. The van der Waals surface area contributed by atoms with E-state index in [2.05, 4.69) is 4.99 Å². The van der Waals surface area contributed by atoms with Gasteiger partial charge in [0.2, 0.25) is 0 Å². The van der Waals surface area contributed by atoms with Crippen LogP contribution >= 0.6 is 11.6 Å². The molecule has 102 valence electrons. The molecule has 0 aliphatic carbocycles. The Labute approximate surface area is 118 Å². The normalized spacial score (nSPS) is 13.5. The lowest BCUT2D eigenvalue weighted by Gasteiger charge is -2.17. The van der Waals surface area contributed by atoms with Gasteiger partial charge in [-0.15, -0.1) is 0 Å². The molecule has 1 aromatic rings. The number of allylic oxidation sites excluding steroid dienone is 1. The van der Waals surface area contributed by atoms with Crippen LogP contribution in [0.5, 0.6) is 0 Å². The van der Waals surface area contributed by atoms with Gasteiger partial charge in [-0.25, -0.2) is 0 Å². The van der Waals surface area contributed by atoms with Crippen LogP contribution in [-0.4, -0.2) is 24.1 Å². The summed E-state index contributed by atoms with van der Waals surface area (Å²) < 4.78 is 5.26. The largest absolute Gasteiger partial charge is 0.394 e. The smallest absolute Gasteiger partial charge is 0.146 e. The molecule has 0 saturated carbocycles. The van der Waals surface area contributed by atoms with E-state index in [0.29, 0.717) is 5.70 Å². The van der Waals surface area contributed by atoms with Crippen LogP contribution in [0, 0.1) is 5.41 Å². The third kappa shape index (κ3) is 4.50. The molecule has 0 fully saturated rings. The standard InChI is InChI=1S/C14H18ClN3O/c1-14(2,19-3)9-18-12(11(16)13(15)17)10-7-5-4-6-8-10/h4-9,17H,16H2,1-3H3/b12-11-,17-13?,18-9?. The molecule has 0 spiro atoms. The average molecular weight is 280 g/mol. The first-order valence-corrected chi connectivity index (χ1v) is 6.15. The molecule has 19 heavy (non-hydrogen) atoms. The fourth-order valence-electron chi connectivity index (χ4n) is 1.27. The maximum atomic E-state index is 7.44. The van der Waals surface area contributed by atoms with Gasteiger partial charge in [-0.3, -0.25) is 10.4 Å². The van der Waals surface area contributed by atoms with Gasteiger partial charge >= 0.3 is 0 Å². The van der Waals surface area contributed by atoms with Crippen molar-refractivity contribution < 1.29 is 4.74 Å². The maximum absolute atomic E-state index is 7.44. The second-order valence-electron chi connectivity index (χ2n) is 4.51. The monoisotopic (exact) mass is 279 g/mol. The van der Waals surface area contributed by atoms with Gasteiger partial charge in [0.25, 0.3) is 0 Å². The Morgan fingerprint density at radius 2 is 1.95 bits per heavy atom. The fraction of sp³-hybridized carbons (Fsp3) is 0.286. The lowest BCUT2D eigenvalue weighted by molar-refractivity contribution is 0.0872. The first-order valence-electron chi connectivity index (χ1n) is 5.77. The molecule has 0 radical (unpaired) electrons. The van der Waals surface area contributed by atoms with E-state index in [1.54, 1.807) is 13.3 Å². The Morgan fingerprint density at radius 1 is 1.37 bits per heavy atom. The van der Waals surface area contributed by atoms with Gasteiger partial charge in [-0.05, 0) is 13.8 Å². The molecule has 0 atom stereocenters. The molecule has 4 nitrogen and oxygen atoms in total. The third-order valence-corrected chi connectivity index (χ3v) is 2.77. The van der Waals surface area contributed by atoms with Crippen LogP contribution in [0.15, 0.2) is 41.0 Å². The molecule has 0 unspecified atom stereocenters. The zero-order valence-electron chi connectivity index (χ0n) is 11.3. The Balaban J connectivity index is 3.24. The number of nitrogens with one attached hydrogen (secondary N) is 1. The van der Waals surface area contributed by atoms with Crippen LogP contribution in [-0.2, 0) is 4.74 Å². The van der Waals surface area contributed by atoms with E-state index in [-0.39, 0.29) is 10.9 Å². The molecular weight excluding hydrogens is 262 g/mol. The first-order chi connectivity index (χ1) is 8.87. The number of methoxy groups -OCH3 is 1. The Bertz CT molecular complexity index is 507. The highest BCUT2D eigenvalue weighted by Crippen LogP contribution is 2.20. The first kappa shape index (κ1) is 15.4. The Morgan fingerprint density at radius 3 is 2.42 bits per heavy atom. The zero-order valence-corrected chi connectivity index (χ0v) is 12.0. The molecule has 1 aromatic carbocycles. The highest BCUT2D eigenvalue weighted by Gasteiger charge is 2.14. The second kappa shape index (κ2) is 6.50. The summed E-state index contributed by atoms with van der Waals surface area (Å²) in [5, 5.41) is 7.21. The third-order valence-electron chi connectivity index (χ3n) is 2.57. The summed E-state index contributed by atoms with van der Waals surface area (Å²) in [5.74, 6) is 0. The van der Waals surface area contributed by atoms with Crippen molar-refractivity contribution >= 4 is 28.7 Å². The van der Waals surface area contributed by atoms with Gasteiger partial charge in [0.1, 0.15) is 5.17 Å². The maximum Gasteiger partial charge on any atom is 0.146 e. The molecule has 5 heteroatoms. The lowest BCUT2D eigenvalue weighted by Crippen LogP contribution is -2.24. The number of hydrogen-bond acceptors (Lipinski definition) is 4.